The maximum absolute atomic E-state index is 11.5. The molecule has 2 rings (SSSR count). The molecule has 0 spiro atoms. The third kappa shape index (κ3) is 1.75. The van der Waals surface area contributed by atoms with E-state index in [9.17, 15) is 4.79 Å². The van der Waals surface area contributed by atoms with Crippen molar-refractivity contribution in [2.24, 2.45) is 7.05 Å². The molecule has 0 amide bonds. The predicted molar refractivity (Wildman–Crippen MR) is 62.6 cm³/mol. The number of hydrogen-bond donors (Lipinski definition) is 1. The first-order valence-electron chi connectivity index (χ1n) is 4.52. The second-order valence-electron chi connectivity index (χ2n) is 2.66. The molecule has 76 valence electrons. The molecule has 14 heavy (non-hydrogen) atoms. The molecule has 0 unspecified atom stereocenters. The van der Waals surface area contributed by atoms with Crippen LogP contribution in [0.15, 0.2) is 27.7 Å². The van der Waals surface area contributed by atoms with E-state index in [1.807, 2.05) is 19.9 Å². The highest BCUT2D eigenvalue weighted by Gasteiger charge is 2.04. The molecule has 0 saturated carbocycles. The van der Waals surface area contributed by atoms with Gasteiger partial charge in [0.1, 0.15) is 5.52 Å². The van der Waals surface area contributed by atoms with Gasteiger partial charge in [0.05, 0.1) is 0 Å². The van der Waals surface area contributed by atoms with E-state index >= 15 is 0 Å². The number of aromatic amines is 1. The van der Waals surface area contributed by atoms with Crippen molar-refractivity contribution in [3.05, 3.63) is 33.3 Å². The van der Waals surface area contributed by atoms with Crippen molar-refractivity contribution < 1.29 is 0 Å². The summed E-state index contributed by atoms with van der Waals surface area (Å²) in [6, 6.07) is 1.88. The molecule has 0 bridgehead atoms. The Kier molecular flexibility index (Phi) is 3.52. The Labute approximate surface area is 90.9 Å². The zero-order valence-corrected chi connectivity index (χ0v) is 10.1. The van der Waals surface area contributed by atoms with Gasteiger partial charge in [0.25, 0.3) is 5.56 Å². The summed E-state index contributed by atoms with van der Waals surface area (Å²) < 4.78 is 2.48. The minimum absolute atomic E-state index is 0.00167. The molecule has 0 aliphatic carbocycles. The van der Waals surface area contributed by atoms with Gasteiger partial charge in [-0.05, 0) is 22.0 Å². The standard InChI is InChI=1S/C8H7BrN2O.C2H6/c1-11-4-6(9)5-2-3-10-7(5)8(11)12;1-2/h2-4,10H,1H3;1-2H3. The number of hydrogen-bond acceptors (Lipinski definition) is 1. The molecule has 4 heteroatoms. The lowest BCUT2D eigenvalue weighted by atomic mass is 10.3. The summed E-state index contributed by atoms with van der Waals surface area (Å²) in [7, 11) is 1.73. The molecular formula is C10H13BrN2O. The molecular weight excluding hydrogens is 244 g/mol. The van der Waals surface area contributed by atoms with Crippen molar-refractivity contribution >= 4 is 26.8 Å². The number of halogens is 1. The maximum Gasteiger partial charge on any atom is 0.274 e. The topological polar surface area (TPSA) is 37.8 Å². The molecule has 2 aromatic rings. The number of H-pyrrole nitrogens is 1. The lowest BCUT2D eigenvalue weighted by molar-refractivity contribution is 0.866. The molecule has 0 atom stereocenters. The molecule has 0 fully saturated rings. The van der Waals surface area contributed by atoms with E-state index in [2.05, 4.69) is 20.9 Å². The van der Waals surface area contributed by atoms with E-state index in [1.54, 1.807) is 24.0 Å². The van der Waals surface area contributed by atoms with Gasteiger partial charge in [-0.25, -0.2) is 0 Å². The molecule has 0 aliphatic heterocycles. The Morgan fingerprint density at radius 1 is 1.43 bits per heavy atom. The van der Waals surface area contributed by atoms with Crippen LogP contribution in [0.2, 0.25) is 0 Å². The van der Waals surface area contributed by atoms with Gasteiger partial charge >= 0.3 is 0 Å². The predicted octanol–water partition coefficient (Wildman–Crippen LogP) is 2.66. The third-order valence-electron chi connectivity index (χ3n) is 1.85. The van der Waals surface area contributed by atoms with Crippen LogP contribution in [0.25, 0.3) is 10.9 Å². The highest BCUT2D eigenvalue weighted by Crippen LogP contribution is 2.19. The number of nitrogens with one attached hydrogen (secondary N) is 1. The van der Waals surface area contributed by atoms with Gasteiger partial charge in [-0.2, -0.15) is 0 Å². The summed E-state index contributed by atoms with van der Waals surface area (Å²) in [5.41, 5.74) is 0.644. The fourth-order valence-corrected chi connectivity index (χ4v) is 1.86. The van der Waals surface area contributed by atoms with Crippen molar-refractivity contribution in [3.8, 4) is 0 Å². The Hall–Kier alpha value is -1.03. The van der Waals surface area contributed by atoms with Crippen LogP contribution in [0.1, 0.15) is 13.8 Å². The van der Waals surface area contributed by atoms with Crippen LogP contribution in [-0.4, -0.2) is 9.55 Å². The van der Waals surface area contributed by atoms with Gasteiger partial charge in [0, 0.05) is 29.3 Å². The maximum atomic E-state index is 11.5. The summed E-state index contributed by atoms with van der Waals surface area (Å²) in [5, 5.41) is 0.929. The lowest BCUT2D eigenvalue weighted by Crippen LogP contribution is -2.15. The number of rotatable bonds is 0. The minimum Gasteiger partial charge on any atom is -0.357 e. The van der Waals surface area contributed by atoms with E-state index in [4.69, 9.17) is 0 Å². The number of fused-ring (bicyclic) bond motifs is 1. The fourth-order valence-electron chi connectivity index (χ4n) is 1.22. The van der Waals surface area contributed by atoms with Gasteiger partial charge in [0.15, 0.2) is 0 Å². The van der Waals surface area contributed by atoms with Crippen LogP contribution in [0.5, 0.6) is 0 Å². The summed E-state index contributed by atoms with van der Waals surface area (Å²) in [5.74, 6) is 0. The smallest absolute Gasteiger partial charge is 0.274 e. The second kappa shape index (κ2) is 4.46. The van der Waals surface area contributed by atoms with E-state index in [-0.39, 0.29) is 5.56 Å². The Balaban J connectivity index is 0.000000461. The molecule has 2 heterocycles. The summed E-state index contributed by atoms with van der Waals surface area (Å²) >= 11 is 3.38. The molecule has 3 nitrogen and oxygen atoms in total. The van der Waals surface area contributed by atoms with Crippen molar-refractivity contribution in [1.82, 2.24) is 9.55 Å². The SMILES string of the molecule is CC.Cn1cc(Br)c2cc[nH]c2c1=O. The normalized spacial score (nSPS) is 9.71. The largest absolute Gasteiger partial charge is 0.357 e. The highest BCUT2D eigenvalue weighted by molar-refractivity contribution is 9.10. The molecule has 0 aliphatic rings. The van der Waals surface area contributed by atoms with E-state index in [0.717, 1.165) is 9.86 Å². The summed E-state index contributed by atoms with van der Waals surface area (Å²) in [6.45, 7) is 4.00. The van der Waals surface area contributed by atoms with E-state index in [1.165, 1.54) is 0 Å². The van der Waals surface area contributed by atoms with Crippen molar-refractivity contribution in [2.75, 3.05) is 0 Å². The van der Waals surface area contributed by atoms with Gasteiger partial charge in [-0.1, -0.05) is 13.8 Å². The van der Waals surface area contributed by atoms with Crippen LogP contribution < -0.4 is 5.56 Å². The zero-order valence-electron chi connectivity index (χ0n) is 8.47. The van der Waals surface area contributed by atoms with Crippen LogP contribution in [0, 0.1) is 0 Å². The molecule has 0 radical (unpaired) electrons. The first-order chi connectivity index (χ1) is 6.70. The van der Waals surface area contributed by atoms with Crippen LogP contribution in [-0.2, 0) is 7.05 Å². The molecule has 1 N–H and O–H groups in total. The minimum atomic E-state index is -0.00167. The first-order valence-corrected chi connectivity index (χ1v) is 5.31. The monoisotopic (exact) mass is 256 g/mol. The molecule has 2 aromatic heterocycles. The van der Waals surface area contributed by atoms with Gasteiger partial charge < -0.3 is 9.55 Å². The lowest BCUT2D eigenvalue weighted by Gasteiger charge is -1.98. The first kappa shape index (κ1) is 11.0. The van der Waals surface area contributed by atoms with Crippen LogP contribution in [0.4, 0.5) is 0 Å². The van der Waals surface area contributed by atoms with Crippen molar-refractivity contribution in [2.45, 2.75) is 13.8 Å². The zero-order chi connectivity index (χ0) is 10.7. The fraction of sp³-hybridized carbons (Fsp3) is 0.300. The van der Waals surface area contributed by atoms with Crippen LogP contribution >= 0.6 is 15.9 Å². The van der Waals surface area contributed by atoms with E-state index in [0.29, 0.717) is 5.52 Å². The van der Waals surface area contributed by atoms with Gasteiger partial charge in [0.2, 0.25) is 0 Å². The number of nitrogens with zero attached hydrogens (tertiary/aromatic N) is 1. The van der Waals surface area contributed by atoms with Gasteiger partial charge in [-0.3, -0.25) is 4.79 Å². The number of pyridine rings is 1. The Morgan fingerprint density at radius 2 is 2.07 bits per heavy atom. The summed E-state index contributed by atoms with van der Waals surface area (Å²) in [4.78, 5) is 14.4. The summed E-state index contributed by atoms with van der Waals surface area (Å²) in [6.07, 6.45) is 3.52. The highest BCUT2D eigenvalue weighted by atomic mass is 79.9. The number of aryl methyl sites for hydroxylation is 1. The van der Waals surface area contributed by atoms with Gasteiger partial charge in [-0.15, -0.1) is 0 Å². The molecule has 0 saturated heterocycles. The Bertz CT molecular complexity index is 484. The second-order valence-corrected chi connectivity index (χ2v) is 3.51. The van der Waals surface area contributed by atoms with Crippen molar-refractivity contribution in [3.63, 3.8) is 0 Å². The average Bonchev–Trinajstić information content (AvgIpc) is 2.67. The van der Waals surface area contributed by atoms with E-state index < -0.39 is 0 Å². The molecule has 0 aromatic carbocycles. The van der Waals surface area contributed by atoms with Crippen molar-refractivity contribution in [1.29, 1.82) is 0 Å². The number of aromatic nitrogens is 2. The average molecular weight is 257 g/mol. The quantitative estimate of drug-likeness (QED) is 0.774. The Morgan fingerprint density at radius 3 is 2.71 bits per heavy atom. The van der Waals surface area contributed by atoms with Crippen LogP contribution in [0.3, 0.4) is 0 Å². The third-order valence-corrected chi connectivity index (χ3v) is 2.48.